The highest BCUT2D eigenvalue weighted by molar-refractivity contribution is 5.96. The van der Waals surface area contributed by atoms with Crippen molar-refractivity contribution in [1.29, 1.82) is 0 Å². The zero-order chi connectivity index (χ0) is 17.0. The highest BCUT2D eigenvalue weighted by Crippen LogP contribution is 2.03. The average Bonchev–Trinajstić information content (AvgIpc) is 2.47. The number of esters is 3. The second kappa shape index (κ2) is 11.8. The maximum Gasteiger partial charge on any atom is 0.347 e. The fraction of sp³-hybridized carbons (Fsp3) is 0.688. The van der Waals surface area contributed by atoms with Gasteiger partial charge in [0.2, 0.25) is 0 Å². The first kappa shape index (κ1) is 20.1. The van der Waals surface area contributed by atoms with Crippen LogP contribution in [-0.4, -0.2) is 37.2 Å². The third kappa shape index (κ3) is 9.15. The minimum absolute atomic E-state index is 0.132. The Hall–Kier alpha value is -1.85. The van der Waals surface area contributed by atoms with Gasteiger partial charge in [0.15, 0.2) is 6.10 Å². The van der Waals surface area contributed by atoms with Crippen LogP contribution in [0.4, 0.5) is 0 Å². The van der Waals surface area contributed by atoms with E-state index in [0.717, 1.165) is 31.8 Å². The van der Waals surface area contributed by atoms with Crippen molar-refractivity contribution in [2.24, 2.45) is 0 Å². The molecule has 0 fully saturated rings. The first-order valence-electron chi connectivity index (χ1n) is 7.65. The summed E-state index contributed by atoms with van der Waals surface area (Å²) in [5.41, 5.74) is 0.132. The van der Waals surface area contributed by atoms with E-state index in [0.29, 0.717) is 13.2 Å². The maximum absolute atomic E-state index is 11.6. The van der Waals surface area contributed by atoms with E-state index < -0.39 is 24.0 Å². The van der Waals surface area contributed by atoms with Crippen molar-refractivity contribution in [2.75, 3.05) is 13.2 Å². The highest BCUT2D eigenvalue weighted by Gasteiger charge is 2.19. The molecular formula is C16H26O6. The van der Waals surface area contributed by atoms with E-state index >= 15 is 0 Å². The molecule has 0 aliphatic rings. The molecule has 0 saturated heterocycles. The summed E-state index contributed by atoms with van der Waals surface area (Å²) in [6.45, 7) is 7.46. The van der Waals surface area contributed by atoms with Gasteiger partial charge >= 0.3 is 17.9 Å². The summed E-state index contributed by atoms with van der Waals surface area (Å²) >= 11 is 0. The molecule has 0 aromatic heterocycles. The summed E-state index contributed by atoms with van der Waals surface area (Å²) in [5, 5.41) is 0. The van der Waals surface area contributed by atoms with Gasteiger partial charge in [-0.25, -0.2) is 14.4 Å². The van der Waals surface area contributed by atoms with Crippen LogP contribution in [0, 0.1) is 0 Å². The summed E-state index contributed by atoms with van der Waals surface area (Å²) < 4.78 is 14.8. The Balaban J connectivity index is 4.25. The standard InChI is InChI=1S/C16H26O6/c1-5-7-9-20-15(18)12(3)11-14(17)22-13(4)16(19)21-10-8-6-2/h11,13H,5-10H2,1-4H3/b12-11-. The quantitative estimate of drug-likeness (QED) is 0.267. The second-order valence-corrected chi connectivity index (χ2v) is 4.92. The monoisotopic (exact) mass is 314 g/mol. The topological polar surface area (TPSA) is 78.9 Å². The SMILES string of the molecule is CCCCOC(=O)/C(C)=C\C(=O)OC(C)C(=O)OCCCC. The predicted molar refractivity (Wildman–Crippen MR) is 81.0 cm³/mol. The van der Waals surface area contributed by atoms with E-state index in [2.05, 4.69) is 0 Å². The summed E-state index contributed by atoms with van der Waals surface area (Å²) in [6.07, 6.45) is 3.35. The molecule has 0 spiro atoms. The Labute approximate surface area is 131 Å². The molecule has 1 unspecified atom stereocenters. The van der Waals surface area contributed by atoms with Crippen molar-refractivity contribution in [3.63, 3.8) is 0 Å². The first-order chi connectivity index (χ1) is 10.4. The molecule has 22 heavy (non-hydrogen) atoms. The van der Waals surface area contributed by atoms with Crippen LogP contribution in [0.3, 0.4) is 0 Å². The van der Waals surface area contributed by atoms with Crippen LogP contribution in [0.5, 0.6) is 0 Å². The van der Waals surface area contributed by atoms with Gasteiger partial charge in [0.05, 0.1) is 13.2 Å². The molecule has 0 aliphatic carbocycles. The van der Waals surface area contributed by atoms with Crippen LogP contribution in [-0.2, 0) is 28.6 Å². The molecule has 126 valence electrons. The number of hydrogen-bond donors (Lipinski definition) is 0. The lowest BCUT2D eigenvalue weighted by atomic mass is 10.3. The van der Waals surface area contributed by atoms with Gasteiger partial charge in [-0.2, -0.15) is 0 Å². The zero-order valence-corrected chi connectivity index (χ0v) is 13.8. The van der Waals surface area contributed by atoms with Crippen molar-refractivity contribution in [1.82, 2.24) is 0 Å². The third-order valence-corrected chi connectivity index (χ3v) is 2.75. The Morgan fingerprint density at radius 1 is 1.00 bits per heavy atom. The summed E-state index contributed by atoms with van der Waals surface area (Å²) in [6, 6.07) is 0. The number of carbonyl (C=O) groups excluding carboxylic acids is 3. The molecule has 0 aromatic carbocycles. The molecule has 0 N–H and O–H groups in total. The van der Waals surface area contributed by atoms with Gasteiger partial charge in [0.25, 0.3) is 0 Å². The first-order valence-corrected chi connectivity index (χ1v) is 7.65. The van der Waals surface area contributed by atoms with Crippen LogP contribution in [0.1, 0.15) is 53.4 Å². The Kier molecular flexibility index (Phi) is 10.8. The number of hydrogen-bond acceptors (Lipinski definition) is 6. The van der Waals surface area contributed by atoms with Crippen molar-refractivity contribution in [3.05, 3.63) is 11.6 Å². The minimum Gasteiger partial charge on any atom is -0.463 e. The van der Waals surface area contributed by atoms with E-state index in [1.165, 1.54) is 13.8 Å². The van der Waals surface area contributed by atoms with Gasteiger partial charge in [-0.15, -0.1) is 0 Å². The van der Waals surface area contributed by atoms with Gasteiger partial charge < -0.3 is 14.2 Å². The van der Waals surface area contributed by atoms with E-state index in [9.17, 15) is 14.4 Å². The predicted octanol–water partition coefficient (Wildman–Crippen LogP) is 2.55. The molecule has 0 aliphatic heterocycles. The molecule has 1 atom stereocenters. The zero-order valence-electron chi connectivity index (χ0n) is 13.8. The molecule has 0 rings (SSSR count). The fourth-order valence-electron chi connectivity index (χ4n) is 1.35. The van der Waals surface area contributed by atoms with Crippen molar-refractivity contribution in [3.8, 4) is 0 Å². The molecule has 0 bridgehead atoms. The van der Waals surface area contributed by atoms with Gasteiger partial charge in [-0.1, -0.05) is 26.7 Å². The van der Waals surface area contributed by atoms with Crippen molar-refractivity contribution >= 4 is 17.9 Å². The number of unbranched alkanes of at least 4 members (excludes halogenated alkanes) is 2. The van der Waals surface area contributed by atoms with E-state index in [4.69, 9.17) is 14.2 Å². The molecule has 0 aromatic rings. The average molecular weight is 314 g/mol. The molecule has 0 saturated carbocycles. The third-order valence-electron chi connectivity index (χ3n) is 2.75. The maximum atomic E-state index is 11.6. The van der Waals surface area contributed by atoms with E-state index in [1.807, 2.05) is 13.8 Å². The van der Waals surface area contributed by atoms with Gasteiger partial charge in [-0.05, 0) is 26.7 Å². The summed E-state index contributed by atoms with van der Waals surface area (Å²) in [4.78, 5) is 34.7. The number of carbonyl (C=O) groups is 3. The number of ether oxygens (including phenoxy) is 3. The Morgan fingerprint density at radius 2 is 1.55 bits per heavy atom. The minimum atomic E-state index is -1.01. The van der Waals surface area contributed by atoms with Gasteiger partial charge in [0.1, 0.15) is 0 Å². The second-order valence-electron chi connectivity index (χ2n) is 4.92. The van der Waals surface area contributed by atoms with Crippen LogP contribution in [0.25, 0.3) is 0 Å². The molecule has 0 amide bonds. The molecule has 0 heterocycles. The van der Waals surface area contributed by atoms with Crippen LogP contribution < -0.4 is 0 Å². The lowest BCUT2D eigenvalue weighted by Crippen LogP contribution is -2.26. The molecule has 0 radical (unpaired) electrons. The highest BCUT2D eigenvalue weighted by atomic mass is 16.6. The summed E-state index contributed by atoms with van der Waals surface area (Å²) in [7, 11) is 0. The van der Waals surface area contributed by atoms with Crippen LogP contribution in [0.15, 0.2) is 11.6 Å². The summed E-state index contributed by atoms with van der Waals surface area (Å²) in [5.74, 6) is -1.94. The smallest absolute Gasteiger partial charge is 0.347 e. The van der Waals surface area contributed by atoms with Crippen LogP contribution >= 0.6 is 0 Å². The normalized spacial score (nSPS) is 12.5. The Bertz CT molecular complexity index is 399. The Morgan fingerprint density at radius 3 is 2.09 bits per heavy atom. The molecular weight excluding hydrogens is 288 g/mol. The lowest BCUT2D eigenvalue weighted by molar-refractivity contribution is -0.163. The van der Waals surface area contributed by atoms with Crippen LogP contribution in [0.2, 0.25) is 0 Å². The van der Waals surface area contributed by atoms with E-state index in [1.54, 1.807) is 0 Å². The largest absolute Gasteiger partial charge is 0.463 e. The van der Waals surface area contributed by atoms with E-state index in [-0.39, 0.29) is 5.57 Å². The van der Waals surface area contributed by atoms with Crippen molar-refractivity contribution < 1.29 is 28.6 Å². The van der Waals surface area contributed by atoms with Gasteiger partial charge in [-0.3, -0.25) is 0 Å². The molecule has 6 nitrogen and oxygen atoms in total. The van der Waals surface area contributed by atoms with Gasteiger partial charge in [0, 0.05) is 11.6 Å². The van der Waals surface area contributed by atoms with Crippen molar-refractivity contribution in [2.45, 2.75) is 59.5 Å². The molecule has 6 heteroatoms. The fourth-order valence-corrected chi connectivity index (χ4v) is 1.35. The lowest BCUT2D eigenvalue weighted by Gasteiger charge is -2.11. The number of rotatable bonds is 10.